The summed E-state index contributed by atoms with van der Waals surface area (Å²) in [6.07, 6.45) is 3.67. The van der Waals surface area contributed by atoms with Crippen LogP contribution in [0.5, 0.6) is 11.5 Å². The van der Waals surface area contributed by atoms with Gasteiger partial charge in [-0.3, -0.25) is 5.41 Å². The number of imidazole rings is 1. The molecule has 1 heterocycles. The van der Waals surface area contributed by atoms with Gasteiger partial charge in [-0.1, -0.05) is 0 Å². The molecule has 0 aliphatic heterocycles. The lowest BCUT2D eigenvalue weighted by molar-refractivity contribution is 0.278. The average molecular weight is 274 g/mol. The Morgan fingerprint density at radius 3 is 2.80 bits per heavy atom. The number of hydrogen-bond acceptors (Lipinski definition) is 4. The molecule has 0 radical (unpaired) electrons. The zero-order chi connectivity index (χ0) is 14.5. The lowest BCUT2D eigenvalue weighted by Gasteiger charge is -2.12. The first-order chi connectivity index (χ1) is 9.61. The number of nitrogens with zero attached hydrogens (tertiary/aromatic N) is 2. The van der Waals surface area contributed by atoms with E-state index < -0.39 is 0 Å². The number of nitrogens with one attached hydrogen (secondary N) is 1. The van der Waals surface area contributed by atoms with Crippen LogP contribution in [-0.2, 0) is 6.54 Å². The maximum atomic E-state index is 7.41. The van der Waals surface area contributed by atoms with E-state index in [1.807, 2.05) is 17.7 Å². The van der Waals surface area contributed by atoms with Crippen molar-refractivity contribution in [3.63, 3.8) is 0 Å². The maximum absolute atomic E-state index is 7.41. The first-order valence-electron chi connectivity index (χ1n) is 6.25. The number of aryl methyl sites for hydroxylation is 1. The number of methoxy groups -OCH3 is 1. The van der Waals surface area contributed by atoms with E-state index in [1.54, 1.807) is 31.5 Å². The molecule has 0 saturated heterocycles. The molecule has 0 fully saturated rings. The Hall–Kier alpha value is -2.50. The van der Waals surface area contributed by atoms with Crippen LogP contribution >= 0.6 is 0 Å². The van der Waals surface area contributed by atoms with Crippen LogP contribution in [0.25, 0.3) is 0 Å². The summed E-state index contributed by atoms with van der Waals surface area (Å²) in [4.78, 5) is 4.15. The van der Waals surface area contributed by atoms with Crippen LogP contribution in [0.4, 0.5) is 0 Å². The minimum atomic E-state index is 0.00360. The lowest BCUT2D eigenvalue weighted by Crippen LogP contribution is -2.12. The molecular formula is C14H18N4O2. The molecule has 1 aromatic carbocycles. The molecule has 1 aromatic heterocycles. The largest absolute Gasteiger partial charge is 0.493 e. The predicted octanol–water partition coefficient (Wildman–Crippen LogP) is 1.56. The maximum Gasteiger partial charge on any atom is 0.161 e. The Morgan fingerprint density at radius 2 is 2.20 bits per heavy atom. The van der Waals surface area contributed by atoms with Crippen molar-refractivity contribution in [2.45, 2.75) is 13.5 Å². The molecule has 0 bridgehead atoms. The molecule has 2 rings (SSSR count). The zero-order valence-electron chi connectivity index (χ0n) is 11.6. The van der Waals surface area contributed by atoms with Gasteiger partial charge in [0.05, 0.1) is 13.7 Å². The van der Waals surface area contributed by atoms with Gasteiger partial charge in [-0.15, -0.1) is 0 Å². The fraction of sp³-hybridized carbons (Fsp3) is 0.286. The number of rotatable bonds is 6. The number of aromatic nitrogens is 2. The second kappa shape index (κ2) is 6.10. The highest BCUT2D eigenvalue weighted by atomic mass is 16.5. The standard InChI is InChI=1S/C14H18N4O2/c1-10-17-5-6-18(10)7-8-20-12-4-3-11(14(15)16)9-13(12)19-2/h3-6,9H,7-8H2,1-2H3,(H3,15,16). The molecular weight excluding hydrogens is 256 g/mol. The third-order valence-electron chi connectivity index (χ3n) is 2.99. The average Bonchev–Trinajstić information content (AvgIpc) is 2.84. The van der Waals surface area contributed by atoms with Crippen LogP contribution in [0.2, 0.25) is 0 Å². The Morgan fingerprint density at radius 1 is 1.40 bits per heavy atom. The Balaban J connectivity index is 2.02. The van der Waals surface area contributed by atoms with Crippen LogP contribution in [0.15, 0.2) is 30.6 Å². The minimum Gasteiger partial charge on any atom is -0.493 e. The Bertz CT molecular complexity index is 607. The van der Waals surface area contributed by atoms with E-state index in [0.29, 0.717) is 30.2 Å². The molecule has 0 aliphatic carbocycles. The second-order valence-corrected chi connectivity index (χ2v) is 4.30. The van der Waals surface area contributed by atoms with E-state index >= 15 is 0 Å². The summed E-state index contributed by atoms with van der Waals surface area (Å²) < 4.78 is 13.0. The molecule has 6 nitrogen and oxygen atoms in total. The highest BCUT2D eigenvalue weighted by molar-refractivity contribution is 5.95. The Labute approximate surface area is 117 Å². The van der Waals surface area contributed by atoms with Gasteiger partial charge in [0.2, 0.25) is 0 Å². The smallest absolute Gasteiger partial charge is 0.161 e. The number of benzene rings is 1. The van der Waals surface area contributed by atoms with Crippen LogP contribution in [-0.4, -0.2) is 29.1 Å². The highest BCUT2D eigenvalue weighted by Gasteiger charge is 2.07. The van der Waals surface area contributed by atoms with Crippen molar-refractivity contribution in [2.75, 3.05) is 13.7 Å². The van der Waals surface area contributed by atoms with Crippen molar-refractivity contribution >= 4 is 5.84 Å². The summed E-state index contributed by atoms with van der Waals surface area (Å²) in [5.41, 5.74) is 6.06. The lowest BCUT2D eigenvalue weighted by atomic mass is 10.2. The van der Waals surface area contributed by atoms with Crippen molar-refractivity contribution < 1.29 is 9.47 Å². The molecule has 6 heteroatoms. The first kappa shape index (κ1) is 13.9. The van der Waals surface area contributed by atoms with Crippen LogP contribution in [0, 0.1) is 12.3 Å². The van der Waals surface area contributed by atoms with Crippen molar-refractivity contribution in [1.82, 2.24) is 9.55 Å². The monoisotopic (exact) mass is 274 g/mol. The summed E-state index contributed by atoms with van der Waals surface area (Å²) >= 11 is 0. The van der Waals surface area contributed by atoms with E-state index in [2.05, 4.69) is 4.98 Å². The Kier molecular flexibility index (Phi) is 4.24. The van der Waals surface area contributed by atoms with E-state index in [0.717, 1.165) is 5.82 Å². The van der Waals surface area contributed by atoms with E-state index in [4.69, 9.17) is 20.6 Å². The van der Waals surface area contributed by atoms with Crippen LogP contribution < -0.4 is 15.2 Å². The topological polar surface area (TPSA) is 86.1 Å². The highest BCUT2D eigenvalue weighted by Crippen LogP contribution is 2.27. The predicted molar refractivity (Wildman–Crippen MR) is 76.5 cm³/mol. The van der Waals surface area contributed by atoms with Crippen molar-refractivity contribution in [2.24, 2.45) is 5.73 Å². The fourth-order valence-corrected chi connectivity index (χ4v) is 1.85. The van der Waals surface area contributed by atoms with Gasteiger partial charge in [-0.2, -0.15) is 0 Å². The minimum absolute atomic E-state index is 0.00360. The molecule has 0 spiro atoms. The third kappa shape index (κ3) is 3.09. The van der Waals surface area contributed by atoms with E-state index in [1.165, 1.54) is 0 Å². The summed E-state index contributed by atoms with van der Waals surface area (Å²) in [5, 5.41) is 7.41. The van der Waals surface area contributed by atoms with Crippen LogP contribution in [0.3, 0.4) is 0 Å². The van der Waals surface area contributed by atoms with Gasteiger partial charge >= 0.3 is 0 Å². The normalized spacial score (nSPS) is 10.3. The molecule has 0 saturated carbocycles. The zero-order valence-corrected chi connectivity index (χ0v) is 11.6. The van der Waals surface area contributed by atoms with E-state index in [9.17, 15) is 0 Å². The van der Waals surface area contributed by atoms with Gasteiger partial charge in [0.25, 0.3) is 0 Å². The second-order valence-electron chi connectivity index (χ2n) is 4.30. The van der Waals surface area contributed by atoms with Gasteiger partial charge in [0.15, 0.2) is 11.5 Å². The number of ether oxygens (including phenoxy) is 2. The van der Waals surface area contributed by atoms with Crippen molar-refractivity contribution in [3.05, 3.63) is 42.0 Å². The molecule has 106 valence electrons. The number of hydrogen-bond donors (Lipinski definition) is 2. The fourth-order valence-electron chi connectivity index (χ4n) is 1.85. The van der Waals surface area contributed by atoms with Gasteiger partial charge in [0.1, 0.15) is 18.3 Å². The molecule has 0 atom stereocenters. The quantitative estimate of drug-likeness (QED) is 0.618. The van der Waals surface area contributed by atoms with Crippen LogP contribution in [0.1, 0.15) is 11.4 Å². The molecule has 3 N–H and O–H groups in total. The molecule has 2 aromatic rings. The summed E-state index contributed by atoms with van der Waals surface area (Å²) in [6, 6.07) is 5.19. The molecule has 20 heavy (non-hydrogen) atoms. The van der Waals surface area contributed by atoms with Gasteiger partial charge in [-0.05, 0) is 25.1 Å². The van der Waals surface area contributed by atoms with Gasteiger partial charge < -0.3 is 19.8 Å². The summed E-state index contributed by atoms with van der Waals surface area (Å²) in [6.45, 7) is 3.17. The third-order valence-corrected chi connectivity index (χ3v) is 2.99. The van der Waals surface area contributed by atoms with Gasteiger partial charge in [-0.25, -0.2) is 4.98 Å². The van der Waals surface area contributed by atoms with Crippen molar-refractivity contribution in [3.8, 4) is 11.5 Å². The van der Waals surface area contributed by atoms with Crippen molar-refractivity contribution in [1.29, 1.82) is 5.41 Å². The van der Waals surface area contributed by atoms with Gasteiger partial charge in [0, 0.05) is 18.0 Å². The molecule has 0 aliphatic rings. The molecule has 0 unspecified atom stereocenters. The summed E-state index contributed by atoms with van der Waals surface area (Å²) in [5.74, 6) is 2.16. The number of nitrogen functional groups attached to an aromatic ring is 1. The SMILES string of the molecule is COc1cc(C(=N)N)ccc1OCCn1ccnc1C. The summed E-state index contributed by atoms with van der Waals surface area (Å²) in [7, 11) is 1.56. The molecule has 0 amide bonds. The number of amidine groups is 1. The first-order valence-corrected chi connectivity index (χ1v) is 6.25. The number of nitrogens with two attached hydrogens (primary N) is 1. The van der Waals surface area contributed by atoms with E-state index in [-0.39, 0.29) is 5.84 Å².